The minimum atomic E-state index is -0.461. The number of rotatable bonds is 12. The second-order valence-electron chi connectivity index (χ2n) is 7.06. The van der Waals surface area contributed by atoms with Crippen molar-refractivity contribution >= 4 is 17.3 Å². The fourth-order valence-corrected chi connectivity index (χ4v) is 3.28. The first-order chi connectivity index (χ1) is 14.0. The van der Waals surface area contributed by atoms with Gasteiger partial charge >= 0.3 is 11.7 Å². The Hall–Kier alpha value is -2.42. The number of esters is 1. The molecule has 0 aromatic carbocycles. The summed E-state index contributed by atoms with van der Waals surface area (Å²) in [5.74, 6) is 0.0714. The van der Waals surface area contributed by atoms with E-state index in [4.69, 9.17) is 14.2 Å². The Balaban J connectivity index is 1.91. The molecule has 0 spiro atoms. The zero-order valence-electron chi connectivity index (χ0n) is 17.2. The van der Waals surface area contributed by atoms with Gasteiger partial charge in [0, 0.05) is 18.7 Å². The highest BCUT2D eigenvalue weighted by Crippen LogP contribution is 2.32. The van der Waals surface area contributed by atoms with E-state index in [-0.39, 0.29) is 23.6 Å². The van der Waals surface area contributed by atoms with Crippen molar-refractivity contribution in [3.8, 4) is 5.88 Å². The summed E-state index contributed by atoms with van der Waals surface area (Å²) in [6.45, 7) is 5.74. The number of nitrogens with zero attached hydrogens (tertiary/aromatic N) is 2. The van der Waals surface area contributed by atoms with Crippen molar-refractivity contribution in [3.05, 3.63) is 22.4 Å². The summed E-state index contributed by atoms with van der Waals surface area (Å²) in [6, 6.07) is 1.61. The van der Waals surface area contributed by atoms with Gasteiger partial charge in [0.25, 0.3) is 0 Å². The van der Waals surface area contributed by atoms with Crippen LogP contribution >= 0.6 is 0 Å². The molecule has 9 nitrogen and oxygen atoms in total. The van der Waals surface area contributed by atoms with E-state index in [0.29, 0.717) is 50.8 Å². The summed E-state index contributed by atoms with van der Waals surface area (Å²) in [4.78, 5) is 26.8. The van der Waals surface area contributed by atoms with Crippen molar-refractivity contribution in [3.63, 3.8) is 0 Å². The highest BCUT2D eigenvalue weighted by molar-refractivity contribution is 5.72. The third-order valence-electron chi connectivity index (χ3n) is 4.88. The lowest BCUT2D eigenvalue weighted by atomic mass is 9.86. The van der Waals surface area contributed by atoms with Gasteiger partial charge in [0.15, 0.2) is 0 Å². The Labute approximate surface area is 171 Å². The first-order valence-electron chi connectivity index (χ1n) is 10.3. The van der Waals surface area contributed by atoms with Crippen LogP contribution in [0.15, 0.2) is 12.3 Å². The van der Waals surface area contributed by atoms with E-state index in [0.717, 1.165) is 25.7 Å². The Bertz CT molecular complexity index is 662. The SMILES string of the molecule is CCCCOCCOc1cc(NC2CCC(C(=O)OCC)CC2)c([N+](=O)[O-])cn1. The van der Waals surface area contributed by atoms with Gasteiger partial charge in [-0.1, -0.05) is 13.3 Å². The molecule has 0 bridgehead atoms. The van der Waals surface area contributed by atoms with E-state index >= 15 is 0 Å². The summed E-state index contributed by atoms with van der Waals surface area (Å²) >= 11 is 0. The third-order valence-corrected chi connectivity index (χ3v) is 4.88. The predicted molar refractivity (Wildman–Crippen MR) is 108 cm³/mol. The maximum atomic E-state index is 11.9. The second kappa shape index (κ2) is 12.2. The number of carbonyl (C=O) groups excluding carboxylic acids is 1. The van der Waals surface area contributed by atoms with Crippen LogP contribution in [0.25, 0.3) is 0 Å². The molecule has 0 amide bonds. The van der Waals surface area contributed by atoms with Crippen LogP contribution in [-0.2, 0) is 14.3 Å². The molecule has 2 rings (SSSR count). The number of unbranched alkanes of at least 4 members (excludes halogenated alkanes) is 1. The molecule has 162 valence electrons. The van der Waals surface area contributed by atoms with Crippen molar-refractivity contribution in [1.29, 1.82) is 0 Å². The van der Waals surface area contributed by atoms with Gasteiger partial charge in [0.2, 0.25) is 5.88 Å². The molecule has 1 heterocycles. The lowest BCUT2D eigenvalue weighted by Crippen LogP contribution is -2.30. The van der Waals surface area contributed by atoms with E-state index in [2.05, 4.69) is 17.2 Å². The number of ether oxygens (including phenoxy) is 3. The Morgan fingerprint density at radius 2 is 2.00 bits per heavy atom. The van der Waals surface area contributed by atoms with Gasteiger partial charge in [-0.15, -0.1) is 0 Å². The Morgan fingerprint density at radius 1 is 1.24 bits per heavy atom. The summed E-state index contributed by atoms with van der Waals surface area (Å²) < 4.78 is 16.1. The summed E-state index contributed by atoms with van der Waals surface area (Å²) in [5, 5.41) is 14.6. The number of nitrogens with one attached hydrogen (secondary N) is 1. The number of aromatic nitrogens is 1. The second-order valence-corrected chi connectivity index (χ2v) is 7.06. The van der Waals surface area contributed by atoms with Gasteiger partial charge < -0.3 is 19.5 Å². The van der Waals surface area contributed by atoms with Crippen LogP contribution in [0.5, 0.6) is 5.88 Å². The van der Waals surface area contributed by atoms with Crippen LogP contribution in [0, 0.1) is 16.0 Å². The van der Waals surface area contributed by atoms with Crippen LogP contribution in [0.4, 0.5) is 11.4 Å². The summed E-state index contributed by atoms with van der Waals surface area (Å²) in [5.41, 5.74) is 0.288. The van der Waals surface area contributed by atoms with Crippen LogP contribution in [0.2, 0.25) is 0 Å². The molecule has 1 N–H and O–H groups in total. The molecule has 0 aliphatic heterocycles. The zero-order valence-corrected chi connectivity index (χ0v) is 17.2. The predicted octanol–water partition coefficient (Wildman–Crippen LogP) is 3.72. The Kier molecular flexibility index (Phi) is 9.63. The van der Waals surface area contributed by atoms with E-state index in [1.54, 1.807) is 13.0 Å². The van der Waals surface area contributed by atoms with Crippen molar-refractivity contribution in [2.45, 2.75) is 58.4 Å². The van der Waals surface area contributed by atoms with E-state index in [1.807, 2.05) is 0 Å². The number of hydrogen-bond donors (Lipinski definition) is 1. The van der Waals surface area contributed by atoms with Gasteiger partial charge in [0.1, 0.15) is 18.5 Å². The summed E-state index contributed by atoms with van der Waals surface area (Å²) in [6.07, 6.45) is 6.17. The quantitative estimate of drug-likeness (QED) is 0.240. The van der Waals surface area contributed by atoms with Crippen LogP contribution in [-0.4, -0.2) is 48.3 Å². The van der Waals surface area contributed by atoms with Crippen LogP contribution < -0.4 is 10.1 Å². The molecule has 1 aliphatic rings. The average molecular weight is 409 g/mol. The molecule has 0 saturated heterocycles. The lowest BCUT2D eigenvalue weighted by Gasteiger charge is -2.28. The largest absolute Gasteiger partial charge is 0.475 e. The highest BCUT2D eigenvalue weighted by Gasteiger charge is 2.28. The van der Waals surface area contributed by atoms with Gasteiger partial charge in [0.05, 0.1) is 24.1 Å². The maximum Gasteiger partial charge on any atom is 0.310 e. The normalized spacial score (nSPS) is 18.8. The molecule has 1 aliphatic carbocycles. The molecule has 1 aromatic heterocycles. The zero-order chi connectivity index (χ0) is 21.1. The molecule has 9 heteroatoms. The fourth-order valence-electron chi connectivity index (χ4n) is 3.28. The van der Waals surface area contributed by atoms with Gasteiger partial charge in [-0.05, 0) is 39.0 Å². The Morgan fingerprint density at radius 3 is 2.66 bits per heavy atom. The van der Waals surface area contributed by atoms with Crippen LogP contribution in [0.1, 0.15) is 52.4 Å². The molecular weight excluding hydrogens is 378 g/mol. The van der Waals surface area contributed by atoms with Crippen molar-refractivity contribution < 1.29 is 23.9 Å². The minimum absolute atomic E-state index is 0.0482. The number of hydrogen-bond acceptors (Lipinski definition) is 8. The van der Waals surface area contributed by atoms with Crippen LogP contribution in [0.3, 0.4) is 0 Å². The monoisotopic (exact) mass is 409 g/mol. The fraction of sp³-hybridized carbons (Fsp3) is 0.700. The number of anilines is 1. The smallest absolute Gasteiger partial charge is 0.310 e. The minimum Gasteiger partial charge on any atom is -0.475 e. The third kappa shape index (κ3) is 7.49. The molecule has 0 atom stereocenters. The number of nitro groups is 1. The van der Waals surface area contributed by atoms with Gasteiger partial charge in [-0.25, -0.2) is 4.98 Å². The van der Waals surface area contributed by atoms with Gasteiger partial charge in [-0.3, -0.25) is 14.9 Å². The topological polar surface area (TPSA) is 113 Å². The molecule has 29 heavy (non-hydrogen) atoms. The molecule has 1 aromatic rings. The number of pyridine rings is 1. The van der Waals surface area contributed by atoms with Crippen molar-refractivity contribution in [2.24, 2.45) is 5.92 Å². The van der Waals surface area contributed by atoms with E-state index in [1.165, 1.54) is 6.20 Å². The molecule has 1 fully saturated rings. The number of carbonyl (C=O) groups is 1. The first kappa shape index (κ1) is 22.9. The molecule has 1 saturated carbocycles. The maximum absolute atomic E-state index is 11.9. The first-order valence-corrected chi connectivity index (χ1v) is 10.3. The lowest BCUT2D eigenvalue weighted by molar-refractivity contribution is -0.384. The molecule has 0 unspecified atom stereocenters. The standard InChI is InChI=1S/C20H31N3O6/c1-3-5-10-27-11-12-29-19-13-17(18(14-21-19)23(25)26)22-16-8-6-15(7-9-16)20(24)28-4-2/h13-16H,3-12H2,1-2H3,(H,21,22). The highest BCUT2D eigenvalue weighted by atomic mass is 16.6. The summed E-state index contributed by atoms with van der Waals surface area (Å²) in [7, 11) is 0. The average Bonchev–Trinajstić information content (AvgIpc) is 2.71. The van der Waals surface area contributed by atoms with E-state index in [9.17, 15) is 14.9 Å². The molecule has 0 radical (unpaired) electrons. The van der Waals surface area contributed by atoms with Crippen molar-refractivity contribution in [1.82, 2.24) is 4.98 Å². The molecular formula is C20H31N3O6. The van der Waals surface area contributed by atoms with Crippen molar-refractivity contribution in [2.75, 3.05) is 31.7 Å². The van der Waals surface area contributed by atoms with Gasteiger partial charge in [-0.2, -0.15) is 0 Å². The van der Waals surface area contributed by atoms with E-state index < -0.39 is 4.92 Å².